The molecule has 1 aromatic heterocycles. The molecule has 0 spiro atoms. The molecule has 2 rings (SSSR count). The summed E-state index contributed by atoms with van der Waals surface area (Å²) in [5.74, 6) is -0.877. The summed E-state index contributed by atoms with van der Waals surface area (Å²) in [6.45, 7) is 0. The van der Waals surface area contributed by atoms with Crippen molar-refractivity contribution in [2.24, 2.45) is 0 Å². The lowest BCUT2D eigenvalue weighted by atomic mass is 10.3. The van der Waals surface area contributed by atoms with Crippen molar-refractivity contribution in [2.75, 3.05) is 10.5 Å². The first-order chi connectivity index (χ1) is 9.31. The number of hydrogen-bond donors (Lipinski definition) is 2. The van der Waals surface area contributed by atoms with E-state index in [9.17, 15) is 12.8 Å². The molecule has 0 saturated carbocycles. The van der Waals surface area contributed by atoms with Gasteiger partial charge in [0.15, 0.2) is 0 Å². The number of hydrogen-bond acceptors (Lipinski definition) is 4. The first-order valence-corrected chi connectivity index (χ1v) is 8.26. The highest BCUT2D eigenvalue weighted by molar-refractivity contribution is 9.10. The Hall–Kier alpha value is -1.19. The third-order valence-electron chi connectivity index (χ3n) is 2.34. The molecule has 0 amide bonds. The van der Waals surface area contributed by atoms with Crippen molar-refractivity contribution in [1.82, 2.24) is 4.98 Å². The van der Waals surface area contributed by atoms with Crippen LogP contribution in [-0.4, -0.2) is 13.4 Å². The fraction of sp³-hybridized carbons (Fsp3) is 0. The number of nitrogen functional groups attached to an aromatic ring is 1. The van der Waals surface area contributed by atoms with E-state index < -0.39 is 15.8 Å². The fourth-order valence-electron chi connectivity index (χ4n) is 1.43. The lowest BCUT2D eigenvalue weighted by Gasteiger charge is -2.11. The highest BCUT2D eigenvalue weighted by atomic mass is 79.9. The van der Waals surface area contributed by atoms with Gasteiger partial charge < -0.3 is 5.73 Å². The smallest absolute Gasteiger partial charge is 0.265 e. The van der Waals surface area contributed by atoms with Crippen LogP contribution in [0.3, 0.4) is 0 Å². The van der Waals surface area contributed by atoms with Crippen molar-refractivity contribution in [1.29, 1.82) is 0 Å². The van der Waals surface area contributed by atoms with Gasteiger partial charge in [-0.25, -0.2) is 17.8 Å². The Balaban J connectivity index is 2.49. The maximum Gasteiger partial charge on any atom is 0.265 e. The molecule has 0 bridgehead atoms. The van der Waals surface area contributed by atoms with E-state index in [0.717, 1.165) is 6.07 Å². The zero-order valence-electron chi connectivity index (χ0n) is 9.77. The van der Waals surface area contributed by atoms with Crippen LogP contribution in [0.1, 0.15) is 0 Å². The molecule has 0 aliphatic carbocycles. The zero-order chi connectivity index (χ0) is 14.9. The van der Waals surface area contributed by atoms with E-state index in [0.29, 0.717) is 4.47 Å². The number of sulfonamides is 1. The third-order valence-corrected chi connectivity index (χ3v) is 4.81. The predicted octanol–water partition coefficient (Wildman–Crippen LogP) is 3.13. The molecular weight excluding hydrogens is 417 g/mol. The number of nitrogens with two attached hydrogens (primary N) is 1. The Kier molecular flexibility index (Phi) is 4.31. The molecule has 0 atom stereocenters. The monoisotopic (exact) mass is 423 g/mol. The van der Waals surface area contributed by atoms with Gasteiger partial charge in [-0.1, -0.05) is 6.07 Å². The topological polar surface area (TPSA) is 85.1 Å². The minimum absolute atomic E-state index is 0.173. The normalized spacial score (nSPS) is 11.3. The summed E-state index contributed by atoms with van der Waals surface area (Å²) < 4.78 is 41.0. The van der Waals surface area contributed by atoms with Gasteiger partial charge in [-0.2, -0.15) is 0 Å². The Morgan fingerprint density at radius 1 is 1.30 bits per heavy atom. The first-order valence-electron chi connectivity index (χ1n) is 5.19. The number of nitrogens with one attached hydrogen (secondary N) is 1. The van der Waals surface area contributed by atoms with Gasteiger partial charge in [0, 0.05) is 15.1 Å². The minimum atomic E-state index is -4.05. The number of aromatic nitrogens is 1. The van der Waals surface area contributed by atoms with Gasteiger partial charge in [0.05, 0.1) is 5.69 Å². The molecule has 20 heavy (non-hydrogen) atoms. The van der Waals surface area contributed by atoms with Crippen LogP contribution in [0.15, 0.2) is 44.3 Å². The summed E-state index contributed by atoms with van der Waals surface area (Å²) in [5, 5.41) is 0. The van der Waals surface area contributed by atoms with Gasteiger partial charge in [-0.3, -0.25) is 4.72 Å². The highest BCUT2D eigenvalue weighted by Crippen LogP contribution is 2.29. The van der Waals surface area contributed by atoms with Gasteiger partial charge in [0.25, 0.3) is 10.0 Å². The Bertz CT molecular complexity index is 748. The standard InChI is InChI=1S/C11H8Br2FN3O2S/c12-6-4-9(11(15)16-5-6)20(18,19)17-10-7(13)2-1-3-8(10)14/h1-5,17H,(H2,15,16). The molecule has 0 unspecified atom stereocenters. The van der Waals surface area contributed by atoms with E-state index in [1.807, 2.05) is 0 Å². The highest BCUT2D eigenvalue weighted by Gasteiger charge is 2.21. The molecule has 1 aromatic carbocycles. The second kappa shape index (κ2) is 5.66. The summed E-state index contributed by atoms with van der Waals surface area (Å²) in [7, 11) is -4.05. The van der Waals surface area contributed by atoms with Gasteiger partial charge in [-0.15, -0.1) is 0 Å². The molecule has 2 aromatic rings. The SMILES string of the molecule is Nc1ncc(Br)cc1S(=O)(=O)Nc1c(F)cccc1Br. The number of rotatable bonds is 3. The number of para-hydroxylation sites is 1. The number of nitrogens with zero attached hydrogens (tertiary/aromatic N) is 1. The molecule has 3 N–H and O–H groups in total. The van der Waals surface area contributed by atoms with Gasteiger partial charge in [0.2, 0.25) is 0 Å². The van der Waals surface area contributed by atoms with Crippen LogP contribution in [0.25, 0.3) is 0 Å². The summed E-state index contributed by atoms with van der Waals surface area (Å²) in [6.07, 6.45) is 1.37. The summed E-state index contributed by atoms with van der Waals surface area (Å²) in [4.78, 5) is 3.50. The molecule has 106 valence electrons. The van der Waals surface area contributed by atoms with E-state index in [1.165, 1.54) is 24.4 Å². The van der Waals surface area contributed by atoms with Crippen molar-refractivity contribution in [2.45, 2.75) is 4.90 Å². The molecule has 9 heteroatoms. The van der Waals surface area contributed by atoms with Crippen molar-refractivity contribution in [3.63, 3.8) is 0 Å². The fourth-order valence-corrected chi connectivity index (χ4v) is 3.68. The number of anilines is 2. The Morgan fingerprint density at radius 2 is 2.00 bits per heavy atom. The molecule has 0 saturated heterocycles. The molecule has 0 fully saturated rings. The lowest BCUT2D eigenvalue weighted by molar-refractivity contribution is 0.598. The van der Waals surface area contributed by atoms with Crippen molar-refractivity contribution in [3.8, 4) is 0 Å². The summed E-state index contributed by atoms with van der Waals surface area (Å²) in [5.41, 5.74) is 5.36. The molecule has 1 heterocycles. The zero-order valence-corrected chi connectivity index (χ0v) is 13.8. The largest absolute Gasteiger partial charge is 0.383 e. The van der Waals surface area contributed by atoms with Crippen LogP contribution in [0, 0.1) is 5.82 Å². The van der Waals surface area contributed by atoms with E-state index in [2.05, 4.69) is 41.6 Å². The van der Waals surface area contributed by atoms with Crippen LogP contribution in [0.5, 0.6) is 0 Å². The molecule has 0 aliphatic rings. The van der Waals surface area contributed by atoms with Gasteiger partial charge >= 0.3 is 0 Å². The molecular formula is C11H8Br2FN3O2S. The maximum absolute atomic E-state index is 13.7. The molecule has 0 radical (unpaired) electrons. The quantitative estimate of drug-likeness (QED) is 0.792. The second-order valence-corrected chi connectivity index (χ2v) is 7.16. The third kappa shape index (κ3) is 3.10. The minimum Gasteiger partial charge on any atom is -0.383 e. The number of benzene rings is 1. The average molecular weight is 425 g/mol. The van der Waals surface area contributed by atoms with Crippen LogP contribution in [0.4, 0.5) is 15.9 Å². The lowest BCUT2D eigenvalue weighted by Crippen LogP contribution is -2.16. The Labute approximate surface area is 131 Å². The van der Waals surface area contributed by atoms with Crippen LogP contribution < -0.4 is 10.5 Å². The second-order valence-electron chi connectivity index (χ2n) is 3.74. The molecule has 0 aliphatic heterocycles. The van der Waals surface area contributed by atoms with Crippen LogP contribution in [-0.2, 0) is 10.0 Å². The number of pyridine rings is 1. The first kappa shape index (κ1) is 15.2. The molecule has 5 nitrogen and oxygen atoms in total. The predicted molar refractivity (Wildman–Crippen MR) is 81.3 cm³/mol. The van der Waals surface area contributed by atoms with E-state index in [1.54, 1.807) is 0 Å². The summed E-state index contributed by atoms with van der Waals surface area (Å²) >= 11 is 6.19. The van der Waals surface area contributed by atoms with Crippen molar-refractivity contribution >= 4 is 53.4 Å². The average Bonchev–Trinajstić information content (AvgIpc) is 2.37. The maximum atomic E-state index is 13.7. The Morgan fingerprint density at radius 3 is 2.65 bits per heavy atom. The van der Waals surface area contributed by atoms with Crippen molar-refractivity contribution in [3.05, 3.63) is 45.2 Å². The van der Waals surface area contributed by atoms with E-state index in [-0.39, 0.29) is 20.9 Å². The van der Waals surface area contributed by atoms with Crippen LogP contribution in [0.2, 0.25) is 0 Å². The van der Waals surface area contributed by atoms with Gasteiger partial charge in [0.1, 0.15) is 16.5 Å². The van der Waals surface area contributed by atoms with Gasteiger partial charge in [-0.05, 0) is 50.1 Å². The van der Waals surface area contributed by atoms with Crippen LogP contribution >= 0.6 is 31.9 Å². The van der Waals surface area contributed by atoms with E-state index in [4.69, 9.17) is 5.73 Å². The summed E-state index contributed by atoms with van der Waals surface area (Å²) in [6, 6.07) is 5.40. The number of halogens is 3. The van der Waals surface area contributed by atoms with Crippen molar-refractivity contribution < 1.29 is 12.8 Å². The van der Waals surface area contributed by atoms with E-state index >= 15 is 0 Å².